The van der Waals surface area contributed by atoms with Crippen molar-refractivity contribution in [3.05, 3.63) is 59.4 Å². The number of carbonyl (C=O) groups excluding carboxylic acids is 1. The molecule has 2 rings (SSSR count). The Hall–Kier alpha value is -2.40. The van der Waals surface area contributed by atoms with E-state index in [1.165, 1.54) is 0 Å². The number of rotatable bonds is 6. The first kappa shape index (κ1) is 16.0. The lowest BCUT2D eigenvalue weighted by molar-refractivity contribution is 0.134. The third-order valence-electron chi connectivity index (χ3n) is 3.10. The second-order valence-electron chi connectivity index (χ2n) is 4.87. The highest BCUT2D eigenvalue weighted by atomic mass is 16.5. The van der Waals surface area contributed by atoms with Gasteiger partial charge in [-0.15, -0.1) is 0 Å². The van der Waals surface area contributed by atoms with E-state index in [-0.39, 0.29) is 6.03 Å². The molecular weight excluding hydrogens is 278 g/mol. The minimum absolute atomic E-state index is 0.257. The number of ether oxygens (including phenoxy) is 1. The summed E-state index contributed by atoms with van der Waals surface area (Å²) in [5.74, 6) is 0. The molecule has 0 atom stereocenters. The van der Waals surface area contributed by atoms with Crippen molar-refractivity contribution in [2.24, 2.45) is 0 Å². The molecule has 2 aromatic rings. The Balaban J connectivity index is 1.92. The lowest BCUT2D eigenvalue weighted by Gasteiger charge is -2.12. The third-order valence-corrected chi connectivity index (χ3v) is 3.10. The van der Waals surface area contributed by atoms with Gasteiger partial charge < -0.3 is 15.4 Å². The van der Waals surface area contributed by atoms with Gasteiger partial charge in [0.2, 0.25) is 0 Å². The number of anilines is 1. The Morgan fingerprint density at radius 1 is 1.18 bits per heavy atom. The first-order valence-corrected chi connectivity index (χ1v) is 7.32. The number of hydrogen-bond donors (Lipinski definition) is 2. The maximum Gasteiger partial charge on any atom is 0.319 e. The largest absolute Gasteiger partial charge is 0.377 e. The highest BCUT2D eigenvalue weighted by Gasteiger charge is 2.06. The quantitative estimate of drug-likeness (QED) is 0.860. The maximum atomic E-state index is 12.0. The van der Waals surface area contributed by atoms with Crippen LogP contribution in [0.15, 0.2) is 42.5 Å². The van der Waals surface area contributed by atoms with Gasteiger partial charge in [0.25, 0.3) is 0 Å². The molecule has 1 heterocycles. The van der Waals surface area contributed by atoms with Crippen molar-refractivity contribution in [1.29, 1.82) is 0 Å². The summed E-state index contributed by atoms with van der Waals surface area (Å²) in [4.78, 5) is 16.4. The molecule has 1 aromatic heterocycles. The third kappa shape index (κ3) is 4.86. The van der Waals surface area contributed by atoms with Crippen LogP contribution in [-0.4, -0.2) is 17.6 Å². The van der Waals surface area contributed by atoms with Crippen molar-refractivity contribution in [1.82, 2.24) is 10.3 Å². The average Bonchev–Trinajstić information content (AvgIpc) is 2.52. The number of pyridine rings is 1. The second kappa shape index (κ2) is 8.14. The Morgan fingerprint density at radius 2 is 2.00 bits per heavy atom. The van der Waals surface area contributed by atoms with Crippen molar-refractivity contribution >= 4 is 11.7 Å². The predicted molar refractivity (Wildman–Crippen MR) is 86.6 cm³/mol. The van der Waals surface area contributed by atoms with Crippen LogP contribution < -0.4 is 10.6 Å². The summed E-state index contributed by atoms with van der Waals surface area (Å²) in [6.07, 6.45) is 0. The van der Waals surface area contributed by atoms with Crippen LogP contribution >= 0.6 is 0 Å². The van der Waals surface area contributed by atoms with Crippen LogP contribution in [0.3, 0.4) is 0 Å². The van der Waals surface area contributed by atoms with E-state index in [0.717, 1.165) is 22.6 Å². The van der Waals surface area contributed by atoms with Crippen LogP contribution in [-0.2, 0) is 17.9 Å². The van der Waals surface area contributed by atoms with Gasteiger partial charge in [-0.3, -0.25) is 4.98 Å². The fourth-order valence-electron chi connectivity index (χ4n) is 2.02. The molecule has 0 saturated heterocycles. The summed E-state index contributed by atoms with van der Waals surface area (Å²) in [5.41, 5.74) is 3.47. The first-order chi connectivity index (χ1) is 10.7. The minimum Gasteiger partial charge on any atom is -0.377 e. The number of para-hydroxylation sites is 1. The molecular formula is C17H21N3O2. The van der Waals surface area contributed by atoms with Crippen LogP contribution in [0.1, 0.15) is 23.9 Å². The number of benzene rings is 1. The number of aryl methyl sites for hydroxylation is 1. The zero-order valence-corrected chi connectivity index (χ0v) is 12.9. The number of hydrogen-bond acceptors (Lipinski definition) is 3. The van der Waals surface area contributed by atoms with Crippen LogP contribution in [0.4, 0.5) is 10.5 Å². The highest BCUT2D eigenvalue weighted by Crippen LogP contribution is 2.15. The van der Waals surface area contributed by atoms with Gasteiger partial charge in [0.1, 0.15) is 0 Å². The van der Waals surface area contributed by atoms with Crippen molar-refractivity contribution in [2.45, 2.75) is 27.0 Å². The Morgan fingerprint density at radius 3 is 2.77 bits per heavy atom. The lowest BCUT2D eigenvalue weighted by atomic mass is 10.2. The topological polar surface area (TPSA) is 63.2 Å². The molecule has 116 valence electrons. The molecule has 1 aromatic carbocycles. The van der Waals surface area contributed by atoms with Gasteiger partial charge in [-0.2, -0.15) is 0 Å². The molecule has 5 heteroatoms. The summed E-state index contributed by atoms with van der Waals surface area (Å²) in [5, 5.41) is 5.65. The molecule has 2 amide bonds. The van der Waals surface area contributed by atoms with E-state index in [9.17, 15) is 4.79 Å². The predicted octanol–water partition coefficient (Wildman–Crippen LogP) is 3.25. The van der Waals surface area contributed by atoms with E-state index in [1.54, 1.807) is 0 Å². The number of urea groups is 1. The number of amides is 2. The summed E-state index contributed by atoms with van der Waals surface area (Å²) in [6, 6.07) is 13.1. The molecule has 5 nitrogen and oxygen atoms in total. The minimum atomic E-state index is -0.257. The first-order valence-electron chi connectivity index (χ1n) is 7.32. The standard InChI is InChI=1S/C17H21N3O2/c1-3-22-12-14-8-4-5-10-16(14)20-17(21)18-11-15-9-6-7-13(2)19-15/h4-10H,3,11-12H2,1-2H3,(H2,18,20,21). The van der Waals surface area contributed by atoms with Gasteiger partial charge in [-0.05, 0) is 32.0 Å². The van der Waals surface area contributed by atoms with Crippen LogP contribution in [0.25, 0.3) is 0 Å². The Labute approximate surface area is 130 Å². The van der Waals surface area contributed by atoms with Crippen molar-refractivity contribution < 1.29 is 9.53 Å². The highest BCUT2D eigenvalue weighted by molar-refractivity contribution is 5.89. The molecule has 0 radical (unpaired) electrons. The summed E-state index contributed by atoms with van der Waals surface area (Å²) in [6.45, 7) is 5.37. The van der Waals surface area contributed by atoms with Crippen molar-refractivity contribution in [3.63, 3.8) is 0 Å². The second-order valence-corrected chi connectivity index (χ2v) is 4.87. The normalized spacial score (nSPS) is 10.3. The number of nitrogens with one attached hydrogen (secondary N) is 2. The average molecular weight is 299 g/mol. The molecule has 0 spiro atoms. The molecule has 2 N–H and O–H groups in total. The molecule has 0 aliphatic heterocycles. The smallest absolute Gasteiger partial charge is 0.319 e. The van der Waals surface area contributed by atoms with Gasteiger partial charge in [0.15, 0.2) is 0 Å². The zero-order valence-electron chi connectivity index (χ0n) is 12.9. The molecule has 0 fully saturated rings. The fraction of sp³-hybridized carbons (Fsp3) is 0.294. The van der Waals surface area contributed by atoms with E-state index in [0.29, 0.717) is 19.8 Å². The van der Waals surface area contributed by atoms with Gasteiger partial charge in [-0.25, -0.2) is 4.79 Å². The fourth-order valence-corrected chi connectivity index (χ4v) is 2.02. The van der Waals surface area contributed by atoms with E-state index >= 15 is 0 Å². The van der Waals surface area contributed by atoms with E-state index < -0.39 is 0 Å². The number of carbonyl (C=O) groups is 1. The van der Waals surface area contributed by atoms with Crippen LogP contribution in [0.5, 0.6) is 0 Å². The van der Waals surface area contributed by atoms with Gasteiger partial charge >= 0.3 is 6.03 Å². The van der Waals surface area contributed by atoms with E-state index in [2.05, 4.69) is 15.6 Å². The van der Waals surface area contributed by atoms with Gasteiger partial charge in [0, 0.05) is 23.6 Å². The van der Waals surface area contributed by atoms with Gasteiger partial charge in [0.05, 0.1) is 18.8 Å². The summed E-state index contributed by atoms with van der Waals surface area (Å²) >= 11 is 0. The lowest BCUT2D eigenvalue weighted by Crippen LogP contribution is -2.29. The molecule has 0 saturated carbocycles. The van der Waals surface area contributed by atoms with Crippen molar-refractivity contribution in [2.75, 3.05) is 11.9 Å². The van der Waals surface area contributed by atoms with E-state index in [1.807, 2.05) is 56.3 Å². The number of aromatic nitrogens is 1. The van der Waals surface area contributed by atoms with Crippen LogP contribution in [0, 0.1) is 6.92 Å². The molecule has 0 bridgehead atoms. The summed E-state index contributed by atoms with van der Waals surface area (Å²) in [7, 11) is 0. The maximum absolute atomic E-state index is 12.0. The molecule has 0 aliphatic carbocycles. The Bertz CT molecular complexity index is 629. The summed E-state index contributed by atoms with van der Waals surface area (Å²) < 4.78 is 5.40. The zero-order chi connectivity index (χ0) is 15.8. The van der Waals surface area contributed by atoms with E-state index in [4.69, 9.17) is 4.74 Å². The SMILES string of the molecule is CCOCc1ccccc1NC(=O)NCc1cccc(C)n1. The van der Waals surface area contributed by atoms with Crippen LogP contribution in [0.2, 0.25) is 0 Å². The molecule has 22 heavy (non-hydrogen) atoms. The molecule has 0 aliphatic rings. The van der Waals surface area contributed by atoms with Crippen molar-refractivity contribution in [3.8, 4) is 0 Å². The monoisotopic (exact) mass is 299 g/mol. The number of nitrogens with zero attached hydrogens (tertiary/aromatic N) is 1. The van der Waals surface area contributed by atoms with Gasteiger partial charge in [-0.1, -0.05) is 24.3 Å². The Kier molecular flexibility index (Phi) is 5.91. The molecule has 0 unspecified atom stereocenters.